The lowest BCUT2D eigenvalue weighted by molar-refractivity contribution is -0.153. The van der Waals surface area contributed by atoms with Gasteiger partial charge in [-0.3, -0.25) is 19.3 Å². The number of nitrogens with zero attached hydrogens (tertiary/aromatic N) is 2. The molecule has 0 bridgehead atoms. The third-order valence-corrected chi connectivity index (χ3v) is 8.95. The Bertz CT molecular complexity index is 1700. The highest BCUT2D eigenvalue weighted by Gasteiger charge is 2.64. The van der Waals surface area contributed by atoms with Crippen LogP contribution < -0.4 is 16.0 Å². The fraction of sp³-hybridized carbons (Fsp3) is 0.387. The highest BCUT2D eigenvalue weighted by molar-refractivity contribution is 6.24. The zero-order valence-corrected chi connectivity index (χ0v) is 24.9. The molecule has 2 aromatic rings. The van der Waals surface area contributed by atoms with Crippen LogP contribution >= 0.6 is 0 Å². The number of benzene rings is 2. The maximum absolute atomic E-state index is 14.1. The molecular formula is C31H33F3N4O7. The molecule has 1 amide bonds. The molecule has 0 heterocycles. The van der Waals surface area contributed by atoms with Gasteiger partial charge in [-0.25, -0.2) is 13.2 Å². The van der Waals surface area contributed by atoms with Gasteiger partial charge in [-0.15, -0.1) is 0 Å². The number of carbonyl (C=O) groups is 3. The van der Waals surface area contributed by atoms with Crippen LogP contribution in [0.5, 0.6) is 5.75 Å². The number of rotatable bonds is 7. The van der Waals surface area contributed by atoms with Gasteiger partial charge in [0.1, 0.15) is 22.8 Å². The normalized spacial score (nSPS) is 24.5. The number of phenols is 1. The van der Waals surface area contributed by atoms with Crippen molar-refractivity contribution in [3.8, 4) is 5.75 Å². The second-order valence-corrected chi connectivity index (χ2v) is 12.1. The van der Waals surface area contributed by atoms with Gasteiger partial charge < -0.3 is 36.4 Å². The van der Waals surface area contributed by atoms with Crippen LogP contribution in [0, 0.1) is 29.3 Å². The highest BCUT2D eigenvalue weighted by Crippen LogP contribution is 2.54. The molecule has 7 N–H and O–H groups in total. The molecule has 2 aromatic carbocycles. The molecule has 0 radical (unpaired) electrons. The first-order valence-electron chi connectivity index (χ1n) is 14.1. The van der Waals surface area contributed by atoms with Gasteiger partial charge in [0.25, 0.3) is 5.91 Å². The van der Waals surface area contributed by atoms with Crippen LogP contribution in [-0.4, -0.2) is 82.6 Å². The summed E-state index contributed by atoms with van der Waals surface area (Å²) in [5.41, 5.74) is 2.71. The largest absolute Gasteiger partial charge is 0.508 e. The SMILES string of the molecule is CN(C)c1cc(CNCc2cc(F)c(F)c(F)c2)c(O)c2c1C[C@H]1C[C@H]3[C@H](N(C)C)C(=O)C(C(N)=O)=C(O)[C@@]3(O)C(=O)C1=C2O. The molecular weight excluding hydrogens is 597 g/mol. The minimum absolute atomic E-state index is 0.0481. The van der Waals surface area contributed by atoms with E-state index in [2.05, 4.69) is 5.32 Å². The van der Waals surface area contributed by atoms with E-state index in [0.717, 1.165) is 12.1 Å². The number of anilines is 1. The summed E-state index contributed by atoms with van der Waals surface area (Å²) in [6.07, 6.45) is 0.0605. The number of nitrogens with two attached hydrogens (primary N) is 1. The highest BCUT2D eigenvalue weighted by atomic mass is 19.2. The second kappa shape index (κ2) is 11.2. The van der Waals surface area contributed by atoms with Crippen LogP contribution in [0.3, 0.4) is 0 Å². The van der Waals surface area contributed by atoms with Crippen molar-refractivity contribution >= 4 is 28.9 Å². The standard InChI is InChI=1S/C31H33F3N4O7/c1-37(2)19-9-14(11-36-10-12-5-17(32)23(34)18(33)6-12)25(39)21-15(19)7-13-8-16-24(38(3)4)27(41)22(30(35)44)29(43)31(16,45)28(42)20(13)26(21)40/h5-6,9,13,16,24,36,39-40,43,45H,7-8,10-11H2,1-4H3,(H2,35,44)/t13-,16-,24-,31-/m0/s1. The molecule has 14 heteroatoms. The van der Waals surface area contributed by atoms with Crippen molar-refractivity contribution in [1.29, 1.82) is 0 Å². The average Bonchev–Trinajstić information content (AvgIpc) is 2.94. The number of fused-ring (bicyclic) bond motifs is 3. The minimum atomic E-state index is -2.76. The molecule has 5 rings (SSSR count). The topological polar surface area (TPSA) is 177 Å². The fourth-order valence-electron chi connectivity index (χ4n) is 6.93. The molecule has 4 atom stereocenters. The van der Waals surface area contributed by atoms with E-state index < -0.39 is 81.2 Å². The van der Waals surface area contributed by atoms with E-state index in [1.54, 1.807) is 25.1 Å². The Morgan fingerprint density at radius 3 is 2.22 bits per heavy atom. The Morgan fingerprint density at radius 1 is 1.04 bits per heavy atom. The lowest BCUT2D eigenvalue weighted by atomic mass is 9.57. The smallest absolute Gasteiger partial charge is 0.255 e. The number of ketones is 2. The van der Waals surface area contributed by atoms with Crippen LogP contribution in [0.2, 0.25) is 0 Å². The van der Waals surface area contributed by atoms with E-state index in [0.29, 0.717) is 11.3 Å². The monoisotopic (exact) mass is 630 g/mol. The van der Waals surface area contributed by atoms with E-state index in [-0.39, 0.29) is 48.2 Å². The lowest BCUT2D eigenvalue weighted by Gasteiger charge is -2.50. The van der Waals surface area contributed by atoms with Crippen LogP contribution in [0.4, 0.5) is 18.9 Å². The third-order valence-electron chi connectivity index (χ3n) is 8.95. The second-order valence-electron chi connectivity index (χ2n) is 12.1. The van der Waals surface area contributed by atoms with Crippen molar-refractivity contribution in [1.82, 2.24) is 10.2 Å². The molecule has 0 aliphatic heterocycles. The van der Waals surface area contributed by atoms with E-state index in [9.17, 15) is 48.0 Å². The molecule has 240 valence electrons. The number of hydrogen-bond donors (Lipinski definition) is 6. The number of aliphatic hydroxyl groups is 3. The average molecular weight is 631 g/mol. The number of aromatic hydroxyl groups is 1. The van der Waals surface area contributed by atoms with Gasteiger partial charge in [0.2, 0.25) is 5.78 Å². The van der Waals surface area contributed by atoms with Gasteiger partial charge in [-0.2, -0.15) is 0 Å². The van der Waals surface area contributed by atoms with Crippen LogP contribution in [-0.2, 0) is 33.9 Å². The lowest BCUT2D eigenvalue weighted by Crippen LogP contribution is -2.65. The first kappa shape index (κ1) is 32.0. The maximum Gasteiger partial charge on any atom is 0.255 e. The van der Waals surface area contributed by atoms with Crippen molar-refractivity contribution in [3.05, 3.63) is 74.8 Å². The van der Waals surface area contributed by atoms with Gasteiger partial charge in [-0.1, -0.05) is 0 Å². The Kier molecular flexibility index (Phi) is 7.96. The predicted octanol–water partition coefficient (Wildman–Crippen LogP) is 1.74. The summed E-state index contributed by atoms with van der Waals surface area (Å²) in [4.78, 5) is 42.7. The summed E-state index contributed by atoms with van der Waals surface area (Å²) in [6.45, 7) is -0.186. The molecule has 0 aromatic heterocycles. The number of phenolic OH excluding ortho intramolecular Hbond substituents is 1. The number of hydrogen-bond acceptors (Lipinski definition) is 10. The summed E-state index contributed by atoms with van der Waals surface area (Å²) in [7, 11) is 6.50. The number of halogens is 3. The summed E-state index contributed by atoms with van der Waals surface area (Å²) in [5, 5.41) is 48.6. The van der Waals surface area contributed by atoms with Crippen molar-refractivity contribution < 1.29 is 48.0 Å². The Labute approximate surface area is 256 Å². The van der Waals surface area contributed by atoms with Crippen LogP contribution in [0.1, 0.15) is 28.7 Å². The first-order chi connectivity index (χ1) is 21.0. The summed E-state index contributed by atoms with van der Waals surface area (Å²) >= 11 is 0. The van der Waals surface area contributed by atoms with E-state index >= 15 is 0 Å². The zero-order chi connectivity index (χ0) is 33.3. The number of aliphatic hydroxyl groups excluding tert-OH is 2. The quantitative estimate of drug-likeness (QED) is 0.195. The number of primary amides is 1. The van der Waals surface area contributed by atoms with Crippen molar-refractivity contribution in [3.63, 3.8) is 0 Å². The van der Waals surface area contributed by atoms with E-state index in [1.807, 2.05) is 0 Å². The summed E-state index contributed by atoms with van der Waals surface area (Å²) in [6, 6.07) is 2.12. The van der Waals surface area contributed by atoms with Crippen LogP contribution in [0.25, 0.3) is 5.76 Å². The number of nitrogens with one attached hydrogen (secondary N) is 1. The molecule has 3 aliphatic rings. The molecule has 0 spiro atoms. The van der Waals surface area contributed by atoms with Crippen LogP contribution in [0.15, 0.2) is 35.1 Å². The van der Waals surface area contributed by atoms with Crippen molar-refractivity contribution in [2.24, 2.45) is 17.6 Å². The zero-order valence-electron chi connectivity index (χ0n) is 24.9. The molecule has 45 heavy (non-hydrogen) atoms. The third kappa shape index (κ3) is 4.84. The Hall–Kier alpha value is -4.40. The summed E-state index contributed by atoms with van der Waals surface area (Å²) in [5.74, 6) is -11.8. The Balaban J connectivity index is 1.59. The molecule has 0 unspecified atom stereocenters. The summed E-state index contributed by atoms with van der Waals surface area (Å²) < 4.78 is 40.7. The predicted molar refractivity (Wildman–Crippen MR) is 155 cm³/mol. The molecule has 1 saturated carbocycles. The van der Waals surface area contributed by atoms with E-state index in [1.165, 1.54) is 19.0 Å². The van der Waals surface area contributed by atoms with Gasteiger partial charge in [0.05, 0.1) is 11.6 Å². The first-order valence-corrected chi connectivity index (χ1v) is 14.1. The fourth-order valence-corrected chi connectivity index (χ4v) is 6.93. The Morgan fingerprint density at radius 2 is 1.67 bits per heavy atom. The maximum atomic E-state index is 14.1. The number of carbonyl (C=O) groups excluding carboxylic acids is 3. The molecule has 0 saturated heterocycles. The molecule has 1 fully saturated rings. The van der Waals surface area contributed by atoms with Gasteiger partial charge in [0, 0.05) is 49.9 Å². The van der Waals surface area contributed by atoms with Gasteiger partial charge in [0.15, 0.2) is 28.8 Å². The van der Waals surface area contributed by atoms with Gasteiger partial charge >= 0.3 is 0 Å². The number of amides is 1. The number of Topliss-reactive ketones (excluding diaryl/α,β-unsaturated/α-hetero) is 2. The minimum Gasteiger partial charge on any atom is -0.508 e. The number of likely N-dealkylation sites (N-methyl/N-ethyl adjacent to an activating group) is 1. The van der Waals surface area contributed by atoms with E-state index in [4.69, 9.17) is 5.73 Å². The molecule has 11 nitrogen and oxygen atoms in total. The molecule has 3 aliphatic carbocycles. The van der Waals surface area contributed by atoms with Crippen molar-refractivity contribution in [2.45, 2.75) is 37.6 Å². The van der Waals surface area contributed by atoms with Gasteiger partial charge in [-0.05, 0) is 62.2 Å². The van der Waals surface area contributed by atoms with Crippen molar-refractivity contribution in [2.75, 3.05) is 33.1 Å².